The predicted molar refractivity (Wildman–Crippen MR) is 66.2 cm³/mol. The summed E-state index contributed by atoms with van der Waals surface area (Å²) in [6.07, 6.45) is 0. The molecule has 0 unspecified atom stereocenters. The zero-order valence-corrected chi connectivity index (χ0v) is 11.0. The van der Waals surface area contributed by atoms with Gasteiger partial charge in [0.05, 0.1) is 10.6 Å². The number of nitrogens with zero attached hydrogens (tertiary/aromatic N) is 4. The Bertz CT molecular complexity index is 632. The van der Waals surface area contributed by atoms with Crippen LogP contribution in [-0.4, -0.2) is 20.3 Å². The zero-order chi connectivity index (χ0) is 12.4. The minimum Gasteiger partial charge on any atom is -0.410 e. The summed E-state index contributed by atoms with van der Waals surface area (Å²) in [5, 5.41) is 14.2. The largest absolute Gasteiger partial charge is 0.410 e. The molecule has 0 aliphatic rings. The van der Waals surface area contributed by atoms with E-state index in [9.17, 15) is 0 Å². The Morgan fingerprint density at radius 3 is 3.06 bits per heavy atom. The molecule has 3 aromatic heterocycles. The summed E-state index contributed by atoms with van der Waals surface area (Å²) in [5.41, 5.74) is 0. The van der Waals surface area contributed by atoms with Crippen molar-refractivity contribution in [1.82, 2.24) is 20.3 Å². The van der Waals surface area contributed by atoms with E-state index < -0.39 is 0 Å². The minimum atomic E-state index is 0.501. The molecule has 0 atom stereocenters. The minimum absolute atomic E-state index is 0.501. The molecule has 0 bridgehead atoms. The van der Waals surface area contributed by atoms with Gasteiger partial charge in [0.25, 0.3) is 11.1 Å². The first-order valence-electron chi connectivity index (χ1n) is 5.10. The number of aryl methyl sites for hydroxylation is 1. The van der Waals surface area contributed by atoms with Crippen LogP contribution in [0.1, 0.15) is 11.7 Å². The average Bonchev–Trinajstić information content (AvgIpc) is 3.07. The molecule has 0 spiro atoms. The molecular weight excluding hydrogens is 272 g/mol. The van der Waals surface area contributed by atoms with E-state index in [-0.39, 0.29) is 0 Å². The molecule has 3 aromatic rings. The van der Waals surface area contributed by atoms with Crippen LogP contribution in [0.2, 0.25) is 0 Å². The summed E-state index contributed by atoms with van der Waals surface area (Å²) >= 11 is 2.95. The van der Waals surface area contributed by atoms with Crippen LogP contribution in [0, 0.1) is 6.92 Å². The third-order valence-corrected chi connectivity index (χ3v) is 3.71. The number of thiophene rings is 1. The van der Waals surface area contributed by atoms with E-state index in [2.05, 4.69) is 20.3 Å². The lowest BCUT2D eigenvalue weighted by Crippen LogP contribution is -1.83. The third kappa shape index (κ3) is 2.44. The van der Waals surface area contributed by atoms with Gasteiger partial charge in [-0.25, -0.2) is 0 Å². The van der Waals surface area contributed by atoms with Crippen molar-refractivity contribution in [2.45, 2.75) is 17.9 Å². The molecule has 0 aromatic carbocycles. The fourth-order valence-corrected chi connectivity index (χ4v) is 2.54. The van der Waals surface area contributed by atoms with Crippen molar-refractivity contribution in [3.05, 3.63) is 29.2 Å². The molecule has 0 amide bonds. The molecule has 0 aliphatic carbocycles. The lowest BCUT2D eigenvalue weighted by Gasteiger charge is -1.89. The highest BCUT2D eigenvalue weighted by Gasteiger charge is 2.11. The van der Waals surface area contributed by atoms with Gasteiger partial charge in [0.1, 0.15) is 0 Å². The van der Waals surface area contributed by atoms with E-state index >= 15 is 0 Å². The highest BCUT2D eigenvalue weighted by molar-refractivity contribution is 7.98. The van der Waals surface area contributed by atoms with Crippen LogP contribution in [0.4, 0.5) is 0 Å². The number of hydrogen-bond donors (Lipinski definition) is 0. The molecule has 3 rings (SSSR count). The molecule has 6 nitrogen and oxygen atoms in total. The van der Waals surface area contributed by atoms with Gasteiger partial charge < -0.3 is 8.94 Å². The standard InChI is InChI=1S/C10H8N4O2S2/c1-6-11-8(14-16-6)5-18-10-13-12-9(15-10)7-3-2-4-17-7/h2-4H,5H2,1H3. The highest BCUT2D eigenvalue weighted by atomic mass is 32.2. The maximum absolute atomic E-state index is 5.52. The fourth-order valence-electron chi connectivity index (χ4n) is 1.29. The Kier molecular flexibility index (Phi) is 3.11. The van der Waals surface area contributed by atoms with Crippen molar-refractivity contribution < 1.29 is 8.94 Å². The number of hydrogen-bond acceptors (Lipinski definition) is 8. The van der Waals surface area contributed by atoms with Gasteiger partial charge in [-0.3, -0.25) is 0 Å². The van der Waals surface area contributed by atoms with Crippen molar-refractivity contribution in [3.8, 4) is 10.8 Å². The summed E-state index contributed by atoms with van der Waals surface area (Å²) in [4.78, 5) is 5.06. The van der Waals surface area contributed by atoms with Gasteiger partial charge >= 0.3 is 0 Å². The average molecular weight is 280 g/mol. The Labute approximate surface area is 110 Å². The second-order valence-corrected chi connectivity index (χ2v) is 5.24. The van der Waals surface area contributed by atoms with E-state index in [1.165, 1.54) is 11.8 Å². The van der Waals surface area contributed by atoms with E-state index in [1.807, 2.05) is 17.5 Å². The number of rotatable bonds is 4. The van der Waals surface area contributed by atoms with Gasteiger partial charge in [-0.15, -0.1) is 21.5 Å². The van der Waals surface area contributed by atoms with Crippen LogP contribution in [0.25, 0.3) is 10.8 Å². The number of thioether (sulfide) groups is 1. The van der Waals surface area contributed by atoms with Gasteiger partial charge in [-0.1, -0.05) is 23.0 Å². The van der Waals surface area contributed by atoms with Crippen LogP contribution >= 0.6 is 23.1 Å². The van der Waals surface area contributed by atoms with Crippen LogP contribution in [0.5, 0.6) is 0 Å². The molecule has 0 aliphatic heterocycles. The van der Waals surface area contributed by atoms with Gasteiger partial charge in [0.2, 0.25) is 5.89 Å². The lowest BCUT2D eigenvalue weighted by atomic mass is 10.5. The monoisotopic (exact) mass is 280 g/mol. The molecule has 18 heavy (non-hydrogen) atoms. The van der Waals surface area contributed by atoms with Crippen LogP contribution in [-0.2, 0) is 5.75 Å². The van der Waals surface area contributed by atoms with Gasteiger partial charge in [-0.05, 0) is 11.4 Å². The van der Waals surface area contributed by atoms with Gasteiger partial charge in [0, 0.05) is 6.92 Å². The van der Waals surface area contributed by atoms with Crippen molar-refractivity contribution in [2.75, 3.05) is 0 Å². The fraction of sp³-hybridized carbons (Fsp3) is 0.200. The van der Waals surface area contributed by atoms with Crippen molar-refractivity contribution in [1.29, 1.82) is 0 Å². The number of aromatic nitrogens is 4. The molecule has 92 valence electrons. The maximum atomic E-state index is 5.52. The first kappa shape index (κ1) is 11.4. The Morgan fingerprint density at radius 2 is 2.33 bits per heavy atom. The molecule has 0 radical (unpaired) electrons. The van der Waals surface area contributed by atoms with Crippen molar-refractivity contribution >= 4 is 23.1 Å². The highest BCUT2D eigenvalue weighted by Crippen LogP contribution is 2.27. The van der Waals surface area contributed by atoms with E-state index in [1.54, 1.807) is 18.3 Å². The van der Waals surface area contributed by atoms with E-state index in [0.29, 0.717) is 28.6 Å². The molecule has 0 saturated carbocycles. The summed E-state index contributed by atoms with van der Waals surface area (Å²) in [5.74, 6) is 2.25. The summed E-state index contributed by atoms with van der Waals surface area (Å²) < 4.78 is 10.4. The van der Waals surface area contributed by atoms with E-state index in [4.69, 9.17) is 8.94 Å². The maximum Gasteiger partial charge on any atom is 0.277 e. The molecule has 0 saturated heterocycles. The van der Waals surface area contributed by atoms with Crippen LogP contribution in [0.15, 0.2) is 31.7 Å². The van der Waals surface area contributed by atoms with Gasteiger partial charge in [-0.2, -0.15) is 4.98 Å². The third-order valence-electron chi connectivity index (χ3n) is 2.03. The lowest BCUT2D eigenvalue weighted by molar-refractivity contribution is 0.389. The molecule has 0 fully saturated rings. The van der Waals surface area contributed by atoms with Crippen molar-refractivity contribution in [3.63, 3.8) is 0 Å². The van der Waals surface area contributed by atoms with Crippen LogP contribution < -0.4 is 0 Å². The molecule has 0 N–H and O–H groups in total. The second kappa shape index (κ2) is 4.91. The molecule has 8 heteroatoms. The predicted octanol–water partition coefficient (Wildman–Crippen LogP) is 2.78. The molecular formula is C10H8N4O2S2. The first-order valence-corrected chi connectivity index (χ1v) is 6.97. The SMILES string of the molecule is Cc1nc(CSc2nnc(-c3cccs3)o2)no1. The first-order chi connectivity index (χ1) is 8.81. The Morgan fingerprint density at radius 1 is 1.39 bits per heavy atom. The summed E-state index contributed by atoms with van der Waals surface area (Å²) in [6.45, 7) is 1.75. The second-order valence-electron chi connectivity index (χ2n) is 3.37. The Balaban J connectivity index is 1.67. The zero-order valence-electron chi connectivity index (χ0n) is 9.36. The van der Waals surface area contributed by atoms with Gasteiger partial charge in [0.15, 0.2) is 5.82 Å². The quantitative estimate of drug-likeness (QED) is 0.680. The summed E-state index contributed by atoms with van der Waals surface area (Å²) in [7, 11) is 0. The molecule has 3 heterocycles. The smallest absolute Gasteiger partial charge is 0.277 e. The van der Waals surface area contributed by atoms with Crippen LogP contribution in [0.3, 0.4) is 0 Å². The Hall–Kier alpha value is -1.67. The normalized spacial score (nSPS) is 10.9. The van der Waals surface area contributed by atoms with E-state index in [0.717, 1.165) is 4.88 Å². The topological polar surface area (TPSA) is 77.8 Å². The van der Waals surface area contributed by atoms with Crippen molar-refractivity contribution in [2.24, 2.45) is 0 Å². The summed E-state index contributed by atoms with van der Waals surface area (Å²) in [6, 6.07) is 3.88.